The van der Waals surface area contributed by atoms with Crippen LogP contribution in [0, 0.1) is 0 Å². The van der Waals surface area contributed by atoms with Crippen molar-refractivity contribution in [1.29, 1.82) is 0 Å². The van der Waals surface area contributed by atoms with Gasteiger partial charge in [-0.05, 0) is 42.8 Å². The summed E-state index contributed by atoms with van der Waals surface area (Å²) in [5, 5.41) is 12.3. The Hall–Kier alpha value is -2.84. The first kappa shape index (κ1) is 20.9. The number of hydrogen-bond donors (Lipinski definition) is 1. The zero-order chi connectivity index (χ0) is 20.5. The minimum absolute atomic E-state index is 0.0419. The second-order valence-corrected chi connectivity index (χ2v) is 7.13. The van der Waals surface area contributed by atoms with E-state index in [1.54, 1.807) is 14.2 Å². The van der Waals surface area contributed by atoms with Gasteiger partial charge in [0.15, 0.2) is 11.0 Å². The topological polar surface area (TPSA) is 78.3 Å². The van der Waals surface area contributed by atoms with Crippen LogP contribution in [0.2, 0.25) is 0 Å². The third kappa shape index (κ3) is 5.58. The fourth-order valence-corrected chi connectivity index (χ4v) is 3.51. The van der Waals surface area contributed by atoms with Gasteiger partial charge in [-0.15, -0.1) is 10.2 Å². The lowest BCUT2D eigenvalue weighted by atomic mass is 10.2. The van der Waals surface area contributed by atoms with Gasteiger partial charge in [0.05, 0.1) is 12.9 Å². The molecule has 1 amide bonds. The van der Waals surface area contributed by atoms with Crippen molar-refractivity contribution in [2.75, 3.05) is 33.1 Å². The molecule has 0 aliphatic heterocycles. The summed E-state index contributed by atoms with van der Waals surface area (Å²) >= 11 is 1.36. The van der Waals surface area contributed by atoms with Crippen LogP contribution in [0.15, 0.2) is 59.8 Å². The lowest BCUT2D eigenvalue weighted by Gasteiger charge is -2.11. The third-order valence-corrected chi connectivity index (χ3v) is 5.10. The number of carbonyl (C=O) groups is 1. The van der Waals surface area contributed by atoms with Crippen LogP contribution < -0.4 is 10.1 Å². The summed E-state index contributed by atoms with van der Waals surface area (Å²) < 4.78 is 12.2. The summed E-state index contributed by atoms with van der Waals surface area (Å²) in [5.74, 6) is 1.71. The summed E-state index contributed by atoms with van der Waals surface area (Å²) in [5.41, 5.74) is 1.85. The maximum absolute atomic E-state index is 12.1. The maximum Gasteiger partial charge on any atom is 0.230 e. The largest absolute Gasteiger partial charge is 0.497 e. The van der Waals surface area contributed by atoms with E-state index < -0.39 is 0 Å². The SMILES string of the molecule is COCCCNC(=O)CSc1nnc(-c2ccc(OC)cc2)n1-c1ccccc1. The van der Waals surface area contributed by atoms with Crippen molar-refractivity contribution in [1.82, 2.24) is 20.1 Å². The number of benzene rings is 2. The number of carbonyl (C=O) groups excluding carboxylic acids is 1. The van der Waals surface area contributed by atoms with Crippen LogP contribution in [0.4, 0.5) is 0 Å². The smallest absolute Gasteiger partial charge is 0.230 e. The highest BCUT2D eigenvalue weighted by Gasteiger charge is 2.17. The number of thioether (sulfide) groups is 1. The molecular weight excluding hydrogens is 388 g/mol. The van der Waals surface area contributed by atoms with Crippen LogP contribution in [0.1, 0.15) is 6.42 Å². The molecular formula is C21H24N4O3S. The molecule has 3 rings (SSSR count). The second-order valence-electron chi connectivity index (χ2n) is 6.19. The fraction of sp³-hybridized carbons (Fsp3) is 0.286. The number of hydrogen-bond acceptors (Lipinski definition) is 6. The average molecular weight is 413 g/mol. The molecule has 1 N–H and O–H groups in total. The van der Waals surface area contributed by atoms with E-state index >= 15 is 0 Å². The number of ether oxygens (including phenoxy) is 2. The molecule has 0 spiro atoms. The van der Waals surface area contributed by atoms with Crippen molar-refractivity contribution in [3.8, 4) is 22.8 Å². The van der Waals surface area contributed by atoms with Crippen molar-refractivity contribution in [3.05, 3.63) is 54.6 Å². The summed E-state index contributed by atoms with van der Waals surface area (Å²) in [4.78, 5) is 12.1. The van der Waals surface area contributed by atoms with Gasteiger partial charge in [-0.25, -0.2) is 0 Å². The van der Waals surface area contributed by atoms with E-state index in [0.29, 0.717) is 24.1 Å². The minimum Gasteiger partial charge on any atom is -0.497 e. The van der Waals surface area contributed by atoms with Gasteiger partial charge in [0, 0.05) is 31.5 Å². The number of nitrogens with one attached hydrogen (secondary N) is 1. The Kier molecular flexibility index (Phi) is 7.66. The van der Waals surface area contributed by atoms with E-state index in [-0.39, 0.29) is 11.7 Å². The maximum atomic E-state index is 12.1. The predicted molar refractivity (Wildman–Crippen MR) is 114 cm³/mol. The molecule has 0 aliphatic rings. The van der Waals surface area contributed by atoms with Gasteiger partial charge >= 0.3 is 0 Å². The summed E-state index contributed by atoms with van der Waals surface area (Å²) in [7, 11) is 3.28. The van der Waals surface area contributed by atoms with Crippen LogP contribution in [0.5, 0.6) is 5.75 Å². The van der Waals surface area contributed by atoms with Gasteiger partial charge in [0.2, 0.25) is 5.91 Å². The Labute approximate surface area is 174 Å². The number of methoxy groups -OCH3 is 2. The molecule has 8 heteroatoms. The fourth-order valence-electron chi connectivity index (χ4n) is 2.73. The Bertz CT molecular complexity index is 913. The van der Waals surface area contributed by atoms with Gasteiger partial charge < -0.3 is 14.8 Å². The standard InChI is InChI=1S/C21H24N4O3S/c1-27-14-6-13-22-19(26)15-29-21-24-23-20(16-9-11-18(28-2)12-10-16)25(21)17-7-4-3-5-8-17/h3-5,7-12H,6,13-15H2,1-2H3,(H,22,26). The van der Waals surface area contributed by atoms with Crippen LogP contribution in [0.3, 0.4) is 0 Å². The molecule has 0 unspecified atom stereocenters. The number of aromatic nitrogens is 3. The molecule has 0 bridgehead atoms. The molecule has 2 aromatic carbocycles. The van der Waals surface area contributed by atoms with Gasteiger partial charge in [-0.1, -0.05) is 30.0 Å². The Morgan fingerprint density at radius 2 is 1.83 bits per heavy atom. The van der Waals surface area contributed by atoms with Crippen molar-refractivity contribution in [2.45, 2.75) is 11.6 Å². The molecule has 29 heavy (non-hydrogen) atoms. The zero-order valence-corrected chi connectivity index (χ0v) is 17.3. The molecule has 7 nitrogen and oxygen atoms in total. The molecule has 0 radical (unpaired) electrons. The molecule has 0 fully saturated rings. The Morgan fingerprint density at radius 1 is 1.07 bits per heavy atom. The molecule has 0 saturated heterocycles. The number of amides is 1. The highest BCUT2D eigenvalue weighted by molar-refractivity contribution is 7.99. The predicted octanol–water partition coefficient (Wildman–Crippen LogP) is 3.19. The van der Waals surface area contributed by atoms with E-state index in [1.807, 2.05) is 59.2 Å². The Morgan fingerprint density at radius 3 is 2.52 bits per heavy atom. The quantitative estimate of drug-likeness (QED) is 0.407. The van der Waals surface area contributed by atoms with Crippen molar-refractivity contribution >= 4 is 17.7 Å². The first-order valence-electron chi connectivity index (χ1n) is 9.26. The number of rotatable bonds is 10. The van der Waals surface area contributed by atoms with Crippen LogP contribution in [-0.2, 0) is 9.53 Å². The van der Waals surface area contributed by atoms with Crippen molar-refractivity contribution in [2.24, 2.45) is 0 Å². The average Bonchev–Trinajstić information content (AvgIpc) is 3.20. The molecule has 0 aliphatic carbocycles. The zero-order valence-electron chi connectivity index (χ0n) is 16.5. The molecule has 152 valence electrons. The molecule has 0 saturated carbocycles. The first-order valence-corrected chi connectivity index (χ1v) is 10.2. The molecule has 0 atom stereocenters. The first-order chi connectivity index (χ1) is 14.2. The number of nitrogens with zero attached hydrogens (tertiary/aromatic N) is 3. The molecule has 3 aromatic rings. The monoisotopic (exact) mass is 412 g/mol. The van der Waals surface area contributed by atoms with Gasteiger partial charge in [0.1, 0.15) is 5.75 Å². The summed E-state index contributed by atoms with van der Waals surface area (Å²) in [6.45, 7) is 1.22. The normalized spacial score (nSPS) is 10.7. The lowest BCUT2D eigenvalue weighted by Crippen LogP contribution is -2.26. The van der Waals surface area contributed by atoms with Gasteiger partial charge in [-0.2, -0.15) is 0 Å². The van der Waals surface area contributed by atoms with Crippen LogP contribution >= 0.6 is 11.8 Å². The van der Waals surface area contributed by atoms with Gasteiger partial charge in [0.25, 0.3) is 0 Å². The van der Waals surface area contributed by atoms with E-state index in [1.165, 1.54) is 11.8 Å². The third-order valence-electron chi connectivity index (χ3n) is 4.18. The van der Waals surface area contributed by atoms with E-state index in [0.717, 1.165) is 23.4 Å². The molecule has 1 aromatic heterocycles. The summed E-state index contributed by atoms with van der Waals surface area (Å²) in [6, 6.07) is 17.5. The van der Waals surface area contributed by atoms with E-state index in [4.69, 9.17) is 9.47 Å². The van der Waals surface area contributed by atoms with Crippen LogP contribution in [-0.4, -0.2) is 53.8 Å². The van der Waals surface area contributed by atoms with E-state index in [2.05, 4.69) is 15.5 Å². The van der Waals surface area contributed by atoms with Gasteiger partial charge in [-0.3, -0.25) is 9.36 Å². The lowest BCUT2D eigenvalue weighted by molar-refractivity contribution is -0.118. The van der Waals surface area contributed by atoms with Crippen LogP contribution in [0.25, 0.3) is 17.1 Å². The van der Waals surface area contributed by atoms with Crippen molar-refractivity contribution < 1.29 is 14.3 Å². The minimum atomic E-state index is -0.0419. The second kappa shape index (κ2) is 10.6. The highest BCUT2D eigenvalue weighted by Crippen LogP contribution is 2.28. The van der Waals surface area contributed by atoms with E-state index in [9.17, 15) is 4.79 Å². The Balaban J connectivity index is 1.80. The van der Waals surface area contributed by atoms with Crippen molar-refractivity contribution in [3.63, 3.8) is 0 Å². The number of para-hydroxylation sites is 1. The highest BCUT2D eigenvalue weighted by atomic mass is 32.2. The molecule has 1 heterocycles. The summed E-state index contributed by atoms with van der Waals surface area (Å²) in [6.07, 6.45) is 0.786.